The Morgan fingerprint density at radius 1 is 0.708 bits per heavy atom. The van der Waals surface area contributed by atoms with E-state index in [2.05, 4.69) is 41.5 Å². The van der Waals surface area contributed by atoms with E-state index in [9.17, 15) is 4.57 Å². The normalized spacial score (nSPS) is 11.9. The van der Waals surface area contributed by atoms with E-state index in [1.54, 1.807) is 12.1 Å². The molecule has 128 valence electrons. The predicted octanol–water partition coefficient (Wildman–Crippen LogP) is 6.40. The molecule has 24 heavy (non-hydrogen) atoms. The molecule has 0 saturated carbocycles. The molecule has 0 amide bonds. The van der Waals surface area contributed by atoms with Crippen molar-refractivity contribution in [1.29, 1.82) is 0 Å². The maximum atomic E-state index is 12.2. The first kappa shape index (κ1) is 18.5. The van der Waals surface area contributed by atoms with Gasteiger partial charge in [0.05, 0.1) is 0 Å². The number of hydrogen-bond acceptors (Lipinski definition) is 3. The second-order valence-corrected chi connectivity index (χ2v) is 8.77. The molecule has 2 aromatic rings. The fourth-order valence-electron chi connectivity index (χ4n) is 2.23. The molecule has 0 aromatic heterocycles. The Kier molecular flexibility index (Phi) is 5.35. The van der Waals surface area contributed by atoms with Gasteiger partial charge in [0.15, 0.2) is 11.5 Å². The topological polar surface area (TPSA) is 35.5 Å². The maximum absolute atomic E-state index is 12.2. The third kappa shape index (κ3) is 5.07. The third-order valence-corrected chi connectivity index (χ3v) is 4.48. The minimum atomic E-state index is -2.28. The lowest BCUT2D eigenvalue weighted by Gasteiger charge is -2.18. The van der Waals surface area contributed by atoms with Gasteiger partial charge in [0.1, 0.15) is 0 Å². The molecule has 0 N–H and O–H groups in total. The summed E-state index contributed by atoms with van der Waals surface area (Å²) in [5.74, 6) is 1.10. The summed E-state index contributed by atoms with van der Waals surface area (Å²) in [4.78, 5) is 0. The fraction of sp³-hybridized carbons (Fsp3) is 0.400. The Hall–Kier alpha value is -1.86. The van der Waals surface area contributed by atoms with Crippen molar-refractivity contribution in [2.24, 2.45) is 0 Å². The Morgan fingerprint density at radius 2 is 1.08 bits per heavy atom. The highest BCUT2D eigenvalue weighted by Crippen LogP contribution is 2.34. The van der Waals surface area contributed by atoms with Crippen LogP contribution in [0.3, 0.4) is 0 Å². The van der Waals surface area contributed by atoms with E-state index in [1.165, 1.54) is 0 Å². The summed E-state index contributed by atoms with van der Waals surface area (Å²) in [5, 5.41) is 0. The van der Waals surface area contributed by atoms with Gasteiger partial charge < -0.3 is 0 Å². The van der Waals surface area contributed by atoms with Crippen LogP contribution in [0.25, 0.3) is 0 Å². The van der Waals surface area contributed by atoms with Crippen LogP contribution < -0.4 is 9.05 Å². The standard InChI is InChI=1S/C20H26O3P/c1-19(2,3)15-9-7-11-17(13-15)22-24(21)23-18-12-8-10-16(14-18)20(4,5)6/h7-14H,1-6H3/q+1. The molecule has 4 heteroatoms. The second-order valence-electron chi connectivity index (χ2n) is 7.96. The van der Waals surface area contributed by atoms with Crippen molar-refractivity contribution in [3.05, 3.63) is 59.7 Å². The zero-order chi connectivity index (χ0) is 18.0. The molecule has 0 radical (unpaired) electrons. The van der Waals surface area contributed by atoms with E-state index in [0.29, 0.717) is 11.5 Å². The molecule has 0 spiro atoms. The number of hydrogen-bond donors (Lipinski definition) is 0. The molecule has 0 aliphatic carbocycles. The van der Waals surface area contributed by atoms with Crippen LogP contribution >= 0.6 is 8.25 Å². The number of benzene rings is 2. The molecule has 0 bridgehead atoms. The van der Waals surface area contributed by atoms with Crippen molar-refractivity contribution in [2.45, 2.75) is 52.4 Å². The fourth-order valence-corrected chi connectivity index (χ4v) is 2.84. The highest BCUT2D eigenvalue weighted by Gasteiger charge is 2.26. The highest BCUT2D eigenvalue weighted by molar-refractivity contribution is 7.34. The van der Waals surface area contributed by atoms with Gasteiger partial charge in [-0.15, -0.1) is 0 Å². The van der Waals surface area contributed by atoms with Gasteiger partial charge >= 0.3 is 8.25 Å². The summed E-state index contributed by atoms with van der Waals surface area (Å²) in [7, 11) is -2.28. The lowest BCUT2D eigenvalue weighted by Crippen LogP contribution is -2.11. The van der Waals surface area contributed by atoms with E-state index < -0.39 is 8.25 Å². The Morgan fingerprint density at radius 3 is 1.42 bits per heavy atom. The second kappa shape index (κ2) is 6.94. The summed E-state index contributed by atoms with van der Waals surface area (Å²) in [6.07, 6.45) is 0. The van der Waals surface area contributed by atoms with Crippen molar-refractivity contribution in [1.82, 2.24) is 0 Å². The molecule has 2 aromatic carbocycles. The van der Waals surface area contributed by atoms with E-state index >= 15 is 0 Å². The van der Waals surface area contributed by atoms with Crippen LogP contribution in [-0.2, 0) is 15.4 Å². The zero-order valence-electron chi connectivity index (χ0n) is 15.3. The summed E-state index contributed by atoms with van der Waals surface area (Å²) in [5.41, 5.74) is 2.26. The first-order valence-electron chi connectivity index (χ1n) is 8.10. The molecule has 0 atom stereocenters. The van der Waals surface area contributed by atoms with E-state index in [1.807, 2.05) is 36.4 Å². The van der Waals surface area contributed by atoms with Crippen molar-refractivity contribution in [3.63, 3.8) is 0 Å². The molecular weight excluding hydrogens is 319 g/mol. The molecule has 0 aliphatic rings. The van der Waals surface area contributed by atoms with Crippen LogP contribution in [0.15, 0.2) is 48.5 Å². The molecular formula is C20H26O3P+. The third-order valence-electron chi connectivity index (χ3n) is 3.76. The maximum Gasteiger partial charge on any atom is 0.805 e. The highest BCUT2D eigenvalue weighted by atomic mass is 31.1. The van der Waals surface area contributed by atoms with Crippen molar-refractivity contribution in [2.75, 3.05) is 0 Å². The Balaban J connectivity index is 2.09. The quantitative estimate of drug-likeness (QED) is 0.602. The molecule has 0 fully saturated rings. The van der Waals surface area contributed by atoms with Gasteiger partial charge in [-0.1, -0.05) is 65.8 Å². The Labute approximate surface area is 146 Å². The van der Waals surface area contributed by atoms with Gasteiger partial charge in [0.2, 0.25) is 0 Å². The minimum absolute atomic E-state index is 0.00685. The van der Waals surface area contributed by atoms with Crippen LogP contribution in [0.4, 0.5) is 0 Å². The van der Waals surface area contributed by atoms with E-state index in [4.69, 9.17) is 9.05 Å². The van der Waals surface area contributed by atoms with Crippen LogP contribution in [0, 0.1) is 0 Å². The summed E-state index contributed by atoms with van der Waals surface area (Å²) in [6.45, 7) is 12.8. The summed E-state index contributed by atoms with van der Waals surface area (Å²) in [6, 6.07) is 15.3. The van der Waals surface area contributed by atoms with Gasteiger partial charge in [-0.2, -0.15) is 0 Å². The van der Waals surface area contributed by atoms with Gasteiger partial charge in [-0.25, -0.2) is 9.05 Å². The van der Waals surface area contributed by atoms with Gasteiger partial charge in [-0.3, -0.25) is 0 Å². The minimum Gasteiger partial charge on any atom is -0.222 e. The smallest absolute Gasteiger partial charge is 0.222 e. The SMILES string of the molecule is CC(C)(C)c1cccc(O[P+](=O)Oc2cccc(C(C)(C)C)c2)c1. The van der Waals surface area contributed by atoms with E-state index in [-0.39, 0.29) is 10.8 Å². The number of rotatable bonds is 4. The van der Waals surface area contributed by atoms with Gasteiger partial charge in [0.25, 0.3) is 0 Å². The lowest BCUT2D eigenvalue weighted by atomic mass is 9.87. The largest absolute Gasteiger partial charge is 0.805 e. The zero-order valence-corrected chi connectivity index (χ0v) is 16.2. The van der Waals surface area contributed by atoms with Crippen LogP contribution in [0.2, 0.25) is 0 Å². The first-order valence-corrected chi connectivity index (χ1v) is 9.19. The molecule has 0 unspecified atom stereocenters. The summed E-state index contributed by atoms with van der Waals surface area (Å²) < 4.78 is 23.1. The van der Waals surface area contributed by atoms with Gasteiger partial charge in [-0.05, 0) is 46.2 Å². The molecule has 3 nitrogen and oxygen atoms in total. The molecule has 2 rings (SSSR count). The summed E-state index contributed by atoms with van der Waals surface area (Å²) >= 11 is 0. The average molecular weight is 345 g/mol. The first-order chi connectivity index (χ1) is 11.1. The van der Waals surface area contributed by atoms with Crippen LogP contribution in [0.5, 0.6) is 11.5 Å². The van der Waals surface area contributed by atoms with Crippen molar-refractivity contribution in [3.8, 4) is 11.5 Å². The Bertz CT molecular complexity index is 663. The van der Waals surface area contributed by atoms with Crippen molar-refractivity contribution < 1.29 is 13.6 Å². The van der Waals surface area contributed by atoms with E-state index in [0.717, 1.165) is 11.1 Å². The predicted molar refractivity (Wildman–Crippen MR) is 99.1 cm³/mol. The van der Waals surface area contributed by atoms with Crippen LogP contribution in [-0.4, -0.2) is 0 Å². The molecule has 0 aliphatic heterocycles. The lowest BCUT2D eigenvalue weighted by molar-refractivity contribution is 0.414. The average Bonchev–Trinajstić information content (AvgIpc) is 2.46. The van der Waals surface area contributed by atoms with Crippen molar-refractivity contribution >= 4 is 8.25 Å². The van der Waals surface area contributed by atoms with Gasteiger partial charge in [0, 0.05) is 4.57 Å². The van der Waals surface area contributed by atoms with Crippen LogP contribution in [0.1, 0.15) is 52.7 Å². The molecule has 0 heterocycles. The monoisotopic (exact) mass is 345 g/mol. The molecule has 0 saturated heterocycles.